The van der Waals surface area contributed by atoms with Crippen LogP contribution in [0.1, 0.15) is 15.9 Å². The van der Waals surface area contributed by atoms with E-state index in [1.807, 2.05) is 72.8 Å². The summed E-state index contributed by atoms with van der Waals surface area (Å²) in [5.41, 5.74) is 3.08. The van der Waals surface area contributed by atoms with Crippen molar-refractivity contribution in [2.75, 3.05) is 51.5 Å². The Hall–Kier alpha value is -5.12. The highest BCUT2D eigenvalue weighted by Gasteiger charge is 2.27. The summed E-state index contributed by atoms with van der Waals surface area (Å²) >= 11 is 0. The molecule has 1 saturated heterocycles. The van der Waals surface area contributed by atoms with Gasteiger partial charge >= 0.3 is 0 Å². The van der Waals surface area contributed by atoms with Crippen molar-refractivity contribution in [3.8, 4) is 28.5 Å². The predicted octanol–water partition coefficient (Wildman–Crippen LogP) is 3.87. The largest absolute Gasteiger partial charge is 0.497 e. The molecule has 0 unspecified atom stereocenters. The molecule has 42 heavy (non-hydrogen) atoms. The average molecular weight is 566 g/mol. The van der Waals surface area contributed by atoms with Crippen LogP contribution in [0.15, 0.2) is 84.9 Å². The molecule has 3 aromatic carbocycles. The van der Waals surface area contributed by atoms with Crippen molar-refractivity contribution in [3.05, 3.63) is 96.1 Å². The zero-order chi connectivity index (χ0) is 28.9. The number of carbonyl (C=O) groups excluding carboxylic acids is 2. The zero-order valence-electron chi connectivity index (χ0n) is 23.3. The fourth-order valence-corrected chi connectivity index (χ4v) is 5.10. The van der Waals surface area contributed by atoms with Crippen LogP contribution in [0.5, 0.6) is 17.2 Å². The highest BCUT2D eigenvalue weighted by Crippen LogP contribution is 2.33. The van der Waals surface area contributed by atoms with Crippen molar-refractivity contribution in [3.63, 3.8) is 0 Å². The monoisotopic (exact) mass is 565 g/mol. The van der Waals surface area contributed by atoms with Gasteiger partial charge in [-0.15, -0.1) is 10.2 Å². The van der Waals surface area contributed by atoms with E-state index in [9.17, 15) is 9.59 Å². The molecule has 1 fully saturated rings. The zero-order valence-corrected chi connectivity index (χ0v) is 23.3. The van der Waals surface area contributed by atoms with Crippen molar-refractivity contribution >= 4 is 17.6 Å². The standard InChI is InChI=1S/C32H31N5O5/c1-40-26-9-5-8-25(19-26)27-11-13-30(34-33-27)35-14-16-36(17-15-35)31(38)21-37(32(39)24-6-3-2-4-7-24)20-23-10-12-28-29(18-23)42-22-41-28/h2-13,18-19H,14-17,20-22H2,1H3. The maximum Gasteiger partial charge on any atom is 0.254 e. The lowest BCUT2D eigenvalue weighted by molar-refractivity contribution is -0.132. The van der Waals surface area contributed by atoms with Gasteiger partial charge in [0.1, 0.15) is 12.3 Å². The number of methoxy groups -OCH3 is 1. The molecule has 0 saturated carbocycles. The van der Waals surface area contributed by atoms with Crippen molar-refractivity contribution < 1.29 is 23.8 Å². The number of fused-ring (bicyclic) bond motifs is 1. The normalized spacial score (nSPS) is 14.0. The molecule has 0 aliphatic carbocycles. The molecule has 0 N–H and O–H groups in total. The van der Waals surface area contributed by atoms with E-state index in [-0.39, 0.29) is 31.7 Å². The van der Waals surface area contributed by atoms with E-state index in [4.69, 9.17) is 14.2 Å². The molecular weight excluding hydrogens is 534 g/mol. The molecular formula is C32H31N5O5. The molecule has 2 aliphatic heterocycles. The second-order valence-corrected chi connectivity index (χ2v) is 10.1. The Morgan fingerprint density at radius 3 is 2.43 bits per heavy atom. The number of nitrogens with zero attached hydrogens (tertiary/aromatic N) is 5. The maximum absolute atomic E-state index is 13.5. The number of rotatable bonds is 8. The van der Waals surface area contributed by atoms with Gasteiger partial charge in [-0.3, -0.25) is 9.59 Å². The van der Waals surface area contributed by atoms with Crippen LogP contribution < -0.4 is 19.1 Å². The smallest absolute Gasteiger partial charge is 0.254 e. The van der Waals surface area contributed by atoms with Crippen LogP contribution in [0.3, 0.4) is 0 Å². The molecule has 10 heteroatoms. The van der Waals surface area contributed by atoms with Gasteiger partial charge in [0.2, 0.25) is 12.7 Å². The number of benzene rings is 3. The van der Waals surface area contributed by atoms with Crippen LogP contribution >= 0.6 is 0 Å². The summed E-state index contributed by atoms with van der Waals surface area (Å²) in [4.78, 5) is 32.4. The SMILES string of the molecule is COc1cccc(-c2ccc(N3CCN(C(=O)CN(Cc4ccc5c(c4)OCO5)C(=O)c4ccccc4)CC3)nn2)c1. The number of hydrogen-bond donors (Lipinski definition) is 0. The number of amides is 2. The van der Waals surface area contributed by atoms with E-state index in [1.165, 1.54) is 0 Å². The van der Waals surface area contributed by atoms with E-state index >= 15 is 0 Å². The van der Waals surface area contributed by atoms with Gasteiger partial charge in [0.05, 0.1) is 12.8 Å². The van der Waals surface area contributed by atoms with Crippen molar-refractivity contribution in [1.82, 2.24) is 20.0 Å². The van der Waals surface area contributed by atoms with E-state index in [0.29, 0.717) is 43.2 Å². The molecule has 4 aromatic rings. The van der Waals surface area contributed by atoms with Crippen molar-refractivity contribution in [2.45, 2.75) is 6.54 Å². The van der Waals surface area contributed by atoms with Gasteiger partial charge in [-0.25, -0.2) is 0 Å². The lowest BCUT2D eigenvalue weighted by Gasteiger charge is -2.36. The van der Waals surface area contributed by atoms with Gasteiger partial charge in [-0.1, -0.05) is 36.4 Å². The van der Waals surface area contributed by atoms with Gasteiger partial charge in [0.25, 0.3) is 5.91 Å². The molecule has 1 aromatic heterocycles. The Morgan fingerprint density at radius 2 is 1.67 bits per heavy atom. The number of aromatic nitrogens is 2. The summed E-state index contributed by atoms with van der Waals surface area (Å²) < 4.78 is 16.2. The van der Waals surface area contributed by atoms with Gasteiger partial charge in [-0.2, -0.15) is 0 Å². The molecule has 2 amide bonds. The molecule has 0 atom stereocenters. The van der Waals surface area contributed by atoms with E-state index < -0.39 is 0 Å². The maximum atomic E-state index is 13.5. The average Bonchev–Trinajstić information content (AvgIpc) is 3.53. The van der Waals surface area contributed by atoms with E-state index in [0.717, 1.165) is 28.4 Å². The lowest BCUT2D eigenvalue weighted by atomic mass is 10.1. The minimum atomic E-state index is -0.202. The third kappa shape index (κ3) is 5.97. The number of carbonyl (C=O) groups is 2. The summed E-state index contributed by atoms with van der Waals surface area (Å²) in [6, 6.07) is 26.2. The Balaban J connectivity index is 1.10. The fraction of sp³-hybridized carbons (Fsp3) is 0.250. The fourth-order valence-electron chi connectivity index (χ4n) is 5.10. The molecule has 214 valence electrons. The first-order valence-corrected chi connectivity index (χ1v) is 13.8. The van der Waals surface area contributed by atoms with Crippen LogP contribution in [0.2, 0.25) is 0 Å². The predicted molar refractivity (Wildman–Crippen MR) is 157 cm³/mol. The van der Waals surface area contributed by atoms with Crippen molar-refractivity contribution in [2.24, 2.45) is 0 Å². The first-order chi connectivity index (χ1) is 20.6. The highest BCUT2D eigenvalue weighted by atomic mass is 16.7. The Bertz CT molecular complexity index is 1560. The molecule has 3 heterocycles. The number of hydrogen-bond acceptors (Lipinski definition) is 8. The summed E-state index contributed by atoms with van der Waals surface area (Å²) in [5, 5.41) is 8.85. The van der Waals surface area contributed by atoms with Crippen LogP contribution in [0, 0.1) is 0 Å². The van der Waals surface area contributed by atoms with Crippen LogP contribution in [0.25, 0.3) is 11.3 Å². The number of piperazine rings is 1. The Morgan fingerprint density at radius 1 is 0.857 bits per heavy atom. The molecule has 0 bridgehead atoms. The summed E-state index contributed by atoms with van der Waals surface area (Å²) in [7, 11) is 1.64. The molecule has 2 aliphatic rings. The molecule has 6 rings (SSSR count). The molecule has 0 spiro atoms. The Kier molecular flexibility index (Phi) is 7.85. The van der Waals surface area contributed by atoms with Crippen LogP contribution in [-0.2, 0) is 11.3 Å². The lowest BCUT2D eigenvalue weighted by Crippen LogP contribution is -2.52. The number of anilines is 1. The van der Waals surface area contributed by atoms with Crippen molar-refractivity contribution in [1.29, 1.82) is 0 Å². The first-order valence-electron chi connectivity index (χ1n) is 13.8. The molecule has 10 nitrogen and oxygen atoms in total. The second-order valence-electron chi connectivity index (χ2n) is 10.1. The summed E-state index contributed by atoms with van der Waals surface area (Å²) in [6.07, 6.45) is 0. The minimum absolute atomic E-state index is 0.0305. The highest BCUT2D eigenvalue weighted by molar-refractivity contribution is 5.96. The van der Waals surface area contributed by atoms with E-state index in [1.54, 1.807) is 29.0 Å². The van der Waals surface area contributed by atoms with Crippen LogP contribution in [-0.4, -0.2) is 78.4 Å². The summed E-state index contributed by atoms with van der Waals surface area (Å²) in [5.74, 6) is 2.54. The topological polar surface area (TPSA) is 97.3 Å². The second kappa shape index (κ2) is 12.2. The van der Waals surface area contributed by atoms with Crippen LogP contribution in [0.4, 0.5) is 5.82 Å². The first kappa shape index (κ1) is 27.1. The van der Waals surface area contributed by atoms with Gasteiger partial charge in [-0.05, 0) is 54.1 Å². The van der Waals surface area contributed by atoms with Gasteiger partial charge in [0, 0.05) is 43.9 Å². The molecule has 0 radical (unpaired) electrons. The van der Waals surface area contributed by atoms with E-state index in [2.05, 4.69) is 15.1 Å². The third-order valence-corrected chi connectivity index (χ3v) is 7.42. The van der Waals surface area contributed by atoms with Gasteiger partial charge < -0.3 is 28.9 Å². The van der Waals surface area contributed by atoms with Gasteiger partial charge in [0.15, 0.2) is 17.3 Å². The third-order valence-electron chi connectivity index (χ3n) is 7.42. The quantitative estimate of drug-likeness (QED) is 0.318. The summed E-state index contributed by atoms with van der Waals surface area (Å²) in [6.45, 7) is 2.70. The Labute approximate surface area is 244 Å². The number of ether oxygens (including phenoxy) is 3. The minimum Gasteiger partial charge on any atom is -0.497 e.